The van der Waals surface area contributed by atoms with Crippen LogP contribution in [0.5, 0.6) is 0 Å². The van der Waals surface area contributed by atoms with Gasteiger partial charge >= 0.3 is 11.8 Å². The molecule has 0 aromatic carbocycles. The zero-order chi connectivity index (χ0) is 17.9. The van der Waals surface area contributed by atoms with E-state index in [1.165, 1.54) is 4.88 Å². The van der Waals surface area contributed by atoms with Crippen LogP contribution in [0.3, 0.4) is 0 Å². The molecule has 0 aliphatic heterocycles. The molecule has 0 saturated heterocycles. The van der Waals surface area contributed by atoms with Crippen LogP contribution in [-0.4, -0.2) is 27.7 Å². The molecule has 0 aliphatic rings. The predicted molar refractivity (Wildman–Crippen MR) is 97.1 cm³/mol. The van der Waals surface area contributed by atoms with Crippen LogP contribution in [0.1, 0.15) is 35.0 Å². The highest BCUT2D eigenvalue weighted by Gasteiger charge is 2.25. The molecule has 0 unspecified atom stereocenters. The molecule has 2 aromatic heterocycles. The largest absolute Gasteiger partial charge is 0.327 e. The van der Waals surface area contributed by atoms with Gasteiger partial charge in [-0.1, -0.05) is 0 Å². The second kappa shape index (κ2) is 7.57. The lowest BCUT2D eigenvalue weighted by atomic mass is 10.2. The lowest BCUT2D eigenvalue weighted by Crippen LogP contribution is -2.43. The molecule has 1 N–H and O–H groups in total. The summed E-state index contributed by atoms with van der Waals surface area (Å²) in [6.45, 7) is 9.97. The molecule has 2 heterocycles. The van der Waals surface area contributed by atoms with Crippen molar-refractivity contribution in [1.29, 1.82) is 0 Å². The monoisotopic (exact) mass is 345 g/mol. The van der Waals surface area contributed by atoms with Crippen molar-refractivity contribution in [2.24, 2.45) is 0 Å². The Bertz CT molecular complexity index is 752. The second-order valence-electron chi connectivity index (χ2n) is 6.08. The van der Waals surface area contributed by atoms with Gasteiger partial charge in [0.05, 0.1) is 17.9 Å². The first-order valence-corrected chi connectivity index (χ1v) is 8.71. The summed E-state index contributed by atoms with van der Waals surface area (Å²) in [5, 5.41) is 2.67. The summed E-state index contributed by atoms with van der Waals surface area (Å²) >= 11 is 1.64. The Kier molecular flexibility index (Phi) is 5.72. The van der Waals surface area contributed by atoms with Gasteiger partial charge in [-0.25, -0.2) is 0 Å². The van der Waals surface area contributed by atoms with Gasteiger partial charge in [0.15, 0.2) is 0 Å². The number of anilines is 1. The molecule has 128 valence electrons. The molecule has 2 rings (SSSR count). The summed E-state index contributed by atoms with van der Waals surface area (Å²) in [6, 6.07) is 7.52. The Morgan fingerprint density at radius 3 is 2.42 bits per heavy atom. The van der Waals surface area contributed by atoms with Crippen LogP contribution in [0.4, 0.5) is 5.69 Å². The van der Waals surface area contributed by atoms with Gasteiger partial charge < -0.3 is 10.2 Å². The molecule has 0 atom stereocenters. The van der Waals surface area contributed by atoms with Gasteiger partial charge in [-0.15, -0.1) is 11.3 Å². The Hall–Kier alpha value is -2.21. The standard InChI is InChI=1S/C18H23N3O2S/c1-11(2)21(10-15-8-7-13(4)24-15)18(23)17(22)20-16-9-6-12(3)19-14(16)5/h6-9,11H,10H2,1-5H3,(H,20,22). The highest BCUT2D eigenvalue weighted by atomic mass is 32.1. The summed E-state index contributed by atoms with van der Waals surface area (Å²) in [4.78, 5) is 33.1. The second-order valence-corrected chi connectivity index (χ2v) is 7.45. The van der Waals surface area contributed by atoms with Crippen molar-refractivity contribution < 1.29 is 9.59 Å². The van der Waals surface area contributed by atoms with Crippen molar-refractivity contribution in [3.63, 3.8) is 0 Å². The summed E-state index contributed by atoms with van der Waals surface area (Å²) in [6.07, 6.45) is 0. The number of aromatic nitrogens is 1. The number of nitrogens with one attached hydrogen (secondary N) is 1. The minimum absolute atomic E-state index is 0.0668. The number of hydrogen-bond acceptors (Lipinski definition) is 4. The number of carbonyl (C=O) groups is 2. The van der Waals surface area contributed by atoms with E-state index >= 15 is 0 Å². The highest BCUT2D eigenvalue weighted by molar-refractivity contribution is 7.11. The summed E-state index contributed by atoms with van der Waals surface area (Å²) in [5.74, 6) is -1.17. The Balaban J connectivity index is 2.12. The molecule has 0 radical (unpaired) electrons. The molecule has 0 aliphatic carbocycles. The normalized spacial score (nSPS) is 10.8. The van der Waals surface area contributed by atoms with E-state index in [0.717, 1.165) is 10.6 Å². The minimum atomic E-state index is -0.634. The maximum Gasteiger partial charge on any atom is 0.313 e. The third kappa shape index (κ3) is 4.41. The molecular formula is C18H23N3O2S. The first-order valence-electron chi connectivity index (χ1n) is 7.89. The average Bonchev–Trinajstić information content (AvgIpc) is 2.92. The third-order valence-electron chi connectivity index (χ3n) is 3.67. The number of rotatable bonds is 4. The van der Waals surface area contributed by atoms with Crippen molar-refractivity contribution >= 4 is 28.8 Å². The average molecular weight is 345 g/mol. The summed E-state index contributed by atoms with van der Waals surface area (Å²) in [5.41, 5.74) is 2.13. The highest BCUT2D eigenvalue weighted by Crippen LogP contribution is 2.19. The molecule has 6 heteroatoms. The van der Waals surface area contributed by atoms with E-state index in [-0.39, 0.29) is 6.04 Å². The number of carbonyl (C=O) groups excluding carboxylic acids is 2. The van der Waals surface area contributed by atoms with Crippen LogP contribution in [0.25, 0.3) is 0 Å². The topological polar surface area (TPSA) is 62.3 Å². The minimum Gasteiger partial charge on any atom is -0.327 e. The van der Waals surface area contributed by atoms with Crippen LogP contribution in [0.15, 0.2) is 24.3 Å². The Morgan fingerprint density at radius 2 is 1.88 bits per heavy atom. The maximum atomic E-state index is 12.6. The van der Waals surface area contributed by atoms with Gasteiger partial charge in [-0.05, 0) is 58.9 Å². The smallest absolute Gasteiger partial charge is 0.313 e. The zero-order valence-electron chi connectivity index (χ0n) is 14.7. The predicted octanol–water partition coefficient (Wildman–Crippen LogP) is 3.44. The summed E-state index contributed by atoms with van der Waals surface area (Å²) in [7, 11) is 0. The molecule has 2 aromatic rings. The lowest BCUT2D eigenvalue weighted by Gasteiger charge is -2.25. The Labute approximate surface area is 146 Å². The molecule has 0 bridgehead atoms. The van der Waals surface area contributed by atoms with Crippen LogP contribution in [-0.2, 0) is 16.1 Å². The fourth-order valence-corrected chi connectivity index (χ4v) is 3.24. The van der Waals surface area contributed by atoms with E-state index in [0.29, 0.717) is 17.9 Å². The third-order valence-corrected chi connectivity index (χ3v) is 4.66. The van der Waals surface area contributed by atoms with E-state index < -0.39 is 11.8 Å². The molecule has 2 amide bonds. The molecular weight excluding hydrogens is 322 g/mol. The van der Waals surface area contributed by atoms with Crippen molar-refractivity contribution in [2.45, 2.75) is 47.2 Å². The van der Waals surface area contributed by atoms with Crippen molar-refractivity contribution in [1.82, 2.24) is 9.88 Å². The molecule has 0 spiro atoms. The lowest BCUT2D eigenvalue weighted by molar-refractivity contribution is -0.144. The van der Waals surface area contributed by atoms with Crippen LogP contribution in [0.2, 0.25) is 0 Å². The molecule has 5 nitrogen and oxygen atoms in total. The van der Waals surface area contributed by atoms with E-state index in [2.05, 4.69) is 10.3 Å². The van der Waals surface area contributed by atoms with Gasteiger partial charge in [0.2, 0.25) is 0 Å². The number of aryl methyl sites for hydroxylation is 3. The fraction of sp³-hybridized carbons (Fsp3) is 0.389. The van der Waals surface area contributed by atoms with E-state index in [1.807, 2.05) is 52.8 Å². The number of pyridine rings is 1. The summed E-state index contributed by atoms with van der Waals surface area (Å²) < 4.78 is 0. The van der Waals surface area contributed by atoms with E-state index in [9.17, 15) is 9.59 Å². The number of thiophene rings is 1. The van der Waals surface area contributed by atoms with Gasteiger partial charge in [-0.3, -0.25) is 14.6 Å². The van der Waals surface area contributed by atoms with E-state index in [1.54, 1.807) is 22.3 Å². The van der Waals surface area contributed by atoms with Crippen molar-refractivity contribution in [2.75, 3.05) is 5.32 Å². The fourth-order valence-electron chi connectivity index (χ4n) is 2.35. The van der Waals surface area contributed by atoms with Crippen molar-refractivity contribution in [3.8, 4) is 0 Å². The van der Waals surface area contributed by atoms with Gasteiger partial charge in [0.25, 0.3) is 0 Å². The first-order chi connectivity index (χ1) is 11.3. The number of amides is 2. The van der Waals surface area contributed by atoms with Gasteiger partial charge in [0.1, 0.15) is 0 Å². The molecule has 24 heavy (non-hydrogen) atoms. The number of hydrogen-bond donors (Lipinski definition) is 1. The van der Waals surface area contributed by atoms with Gasteiger partial charge in [-0.2, -0.15) is 0 Å². The van der Waals surface area contributed by atoms with Crippen molar-refractivity contribution in [3.05, 3.63) is 45.4 Å². The van der Waals surface area contributed by atoms with Crippen LogP contribution >= 0.6 is 11.3 Å². The number of nitrogens with zero attached hydrogens (tertiary/aromatic N) is 2. The first kappa shape index (κ1) is 18.1. The quantitative estimate of drug-likeness (QED) is 0.864. The van der Waals surface area contributed by atoms with Crippen LogP contribution < -0.4 is 5.32 Å². The zero-order valence-corrected chi connectivity index (χ0v) is 15.5. The van der Waals surface area contributed by atoms with Crippen LogP contribution in [0, 0.1) is 20.8 Å². The van der Waals surface area contributed by atoms with Gasteiger partial charge in [0, 0.05) is 21.5 Å². The maximum absolute atomic E-state index is 12.6. The molecule has 0 fully saturated rings. The molecule has 0 saturated carbocycles. The Morgan fingerprint density at radius 1 is 1.17 bits per heavy atom. The SMILES string of the molecule is Cc1ccc(NC(=O)C(=O)N(Cc2ccc(C)s2)C(C)C)c(C)n1. The van der Waals surface area contributed by atoms with E-state index in [4.69, 9.17) is 0 Å².